The van der Waals surface area contributed by atoms with Crippen LogP contribution >= 0.6 is 15.9 Å². The number of β-amino-alcohol motifs (C(OH)–C–C–N with tert-alkyl or cyclic N) is 1. The van der Waals surface area contributed by atoms with Gasteiger partial charge in [0, 0.05) is 11.0 Å². The number of nitrogens with zero attached hydrogens (tertiary/aromatic N) is 1. The summed E-state index contributed by atoms with van der Waals surface area (Å²) < 4.78 is 0.959. The maximum absolute atomic E-state index is 11.3. The highest BCUT2D eigenvalue weighted by atomic mass is 79.9. The largest absolute Gasteiger partial charge is 0.395 e. The first kappa shape index (κ1) is 10.4. The van der Waals surface area contributed by atoms with Gasteiger partial charge >= 0.3 is 0 Å². The van der Waals surface area contributed by atoms with E-state index in [1.165, 1.54) is 0 Å². The van der Waals surface area contributed by atoms with Crippen molar-refractivity contribution in [2.45, 2.75) is 0 Å². The Balaban J connectivity index is 2.38. The Morgan fingerprint density at radius 3 is 3.07 bits per heavy atom. The predicted molar refractivity (Wildman–Crippen MR) is 62.1 cm³/mol. The Kier molecular flexibility index (Phi) is 2.93. The average Bonchev–Trinajstić information content (AvgIpc) is 2.19. The summed E-state index contributed by atoms with van der Waals surface area (Å²) in [5, 5.41) is 11.7. The molecule has 2 N–H and O–H groups in total. The van der Waals surface area contributed by atoms with Gasteiger partial charge in [0.05, 0.1) is 24.5 Å². The van der Waals surface area contributed by atoms with Crippen molar-refractivity contribution < 1.29 is 9.90 Å². The molecule has 0 atom stereocenters. The van der Waals surface area contributed by atoms with Crippen LogP contribution in [0.5, 0.6) is 0 Å². The van der Waals surface area contributed by atoms with Gasteiger partial charge in [-0.2, -0.15) is 0 Å². The first-order valence-electron chi connectivity index (χ1n) is 4.66. The number of carbonyl (C=O) groups excluding carboxylic acids is 1. The second-order valence-electron chi connectivity index (χ2n) is 3.35. The number of carbonyl (C=O) groups is 1. The standard InChI is InChI=1S/C10H11BrN2O2/c11-7-1-2-8-9(5-7)13(3-4-14)6-10(15)12-8/h1-2,5,14H,3-4,6H2,(H,12,15). The number of aliphatic hydroxyl groups excluding tert-OH is 1. The highest BCUT2D eigenvalue weighted by Crippen LogP contribution is 2.31. The van der Waals surface area contributed by atoms with Crippen molar-refractivity contribution >= 4 is 33.2 Å². The highest BCUT2D eigenvalue weighted by Gasteiger charge is 2.21. The molecule has 1 aliphatic heterocycles. The van der Waals surface area contributed by atoms with Crippen molar-refractivity contribution in [1.82, 2.24) is 0 Å². The molecule has 2 rings (SSSR count). The van der Waals surface area contributed by atoms with Crippen molar-refractivity contribution in [2.75, 3.05) is 29.9 Å². The molecule has 1 aromatic rings. The van der Waals surface area contributed by atoms with Crippen LogP contribution in [0, 0.1) is 0 Å². The van der Waals surface area contributed by atoms with E-state index in [-0.39, 0.29) is 12.5 Å². The van der Waals surface area contributed by atoms with E-state index in [0.717, 1.165) is 15.8 Å². The molecule has 1 heterocycles. The van der Waals surface area contributed by atoms with Gasteiger partial charge in [0.2, 0.25) is 5.91 Å². The van der Waals surface area contributed by atoms with Crippen molar-refractivity contribution in [3.05, 3.63) is 22.7 Å². The zero-order chi connectivity index (χ0) is 10.8. The zero-order valence-corrected chi connectivity index (χ0v) is 9.62. The number of halogens is 1. The summed E-state index contributed by atoms with van der Waals surface area (Å²) in [6.07, 6.45) is 0. The summed E-state index contributed by atoms with van der Waals surface area (Å²) in [6.45, 7) is 0.806. The van der Waals surface area contributed by atoms with E-state index in [1.807, 2.05) is 23.1 Å². The summed E-state index contributed by atoms with van der Waals surface area (Å²) >= 11 is 3.38. The minimum atomic E-state index is -0.0433. The van der Waals surface area contributed by atoms with Crippen molar-refractivity contribution in [3.8, 4) is 0 Å². The van der Waals surface area contributed by atoms with Crippen LogP contribution in [0.15, 0.2) is 22.7 Å². The highest BCUT2D eigenvalue weighted by molar-refractivity contribution is 9.10. The van der Waals surface area contributed by atoms with Gasteiger partial charge < -0.3 is 15.3 Å². The zero-order valence-electron chi connectivity index (χ0n) is 8.03. The SMILES string of the molecule is O=C1CN(CCO)c2cc(Br)ccc2N1. The number of hydrogen-bond acceptors (Lipinski definition) is 3. The number of anilines is 2. The molecule has 0 radical (unpaired) electrons. The van der Waals surface area contributed by atoms with Crippen LogP contribution in [0.25, 0.3) is 0 Å². The number of amides is 1. The van der Waals surface area contributed by atoms with E-state index in [4.69, 9.17) is 5.11 Å². The average molecular weight is 271 g/mol. The molecule has 1 aromatic carbocycles. The Bertz CT molecular complexity index is 395. The molecule has 0 unspecified atom stereocenters. The van der Waals surface area contributed by atoms with Gasteiger partial charge in [-0.3, -0.25) is 4.79 Å². The van der Waals surface area contributed by atoms with Crippen LogP contribution in [0.4, 0.5) is 11.4 Å². The fourth-order valence-electron chi connectivity index (χ4n) is 1.64. The third-order valence-electron chi connectivity index (χ3n) is 2.28. The molecular formula is C10H11BrN2O2. The first-order valence-corrected chi connectivity index (χ1v) is 5.45. The molecule has 1 amide bonds. The van der Waals surface area contributed by atoms with Gasteiger partial charge in [-0.25, -0.2) is 0 Å². The molecule has 5 heteroatoms. The van der Waals surface area contributed by atoms with E-state index in [0.29, 0.717) is 13.1 Å². The van der Waals surface area contributed by atoms with Gasteiger partial charge in [0.15, 0.2) is 0 Å². The van der Waals surface area contributed by atoms with E-state index in [1.54, 1.807) is 0 Å². The first-order chi connectivity index (χ1) is 7.20. The monoisotopic (exact) mass is 270 g/mol. The minimum Gasteiger partial charge on any atom is -0.395 e. The number of nitrogens with one attached hydrogen (secondary N) is 1. The normalized spacial score (nSPS) is 14.8. The number of benzene rings is 1. The summed E-state index contributed by atoms with van der Waals surface area (Å²) in [6, 6.07) is 5.66. The van der Waals surface area contributed by atoms with Crippen LogP contribution in [-0.2, 0) is 4.79 Å². The molecule has 0 saturated heterocycles. The fraction of sp³-hybridized carbons (Fsp3) is 0.300. The molecule has 0 aromatic heterocycles. The van der Waals surface area contributed by atoms with Gasteiger partial charge in [-0.1, -0.05) is 15.9 Å². The number of aliphatic hydroxyl groups is 1. The van der Waals surface area contributed by atoms with E-state index in [2.05, 4.69) is 21.2 Å². The Morgan fingerprint density at radius 2 is 2.33 bits per heavy atom. The lowest BCUT2D eigenvalue weighted by Crippen LogP contribution is -2.39. The van der Waals surface area contributed by atoms with Gasteiger partial charge in [-0.15, -0.1) is 0 Å². The van der Waals surface area contributed by atoms with E-state index >= 15 is 0 Å². The third kappa shape index (κ3) is 2.13. The molecule has 4 nitrogen and oxygen atoms in total. The van der Waals surface area contributed by atoms with Gasteiger partial charge in [-0.05, 0) is 18.2 Å². The maximum atomic E-state index is 11.3. The van der Waals surface area contributed by atoms with Crippen molar-refractivity contribution in [3.63, 3.8) is 0 Å². The molecule has 0 fully saturated rings. The number of rotatable bonds is 2. The van der Waals surface area contributed by atoms with Crippen molar-refractivity contribution in [1.29, 1.82) is 0 Å². The summed E-state index contributed by atoms with van der Waals surface area (Å²) in [5.74, 6) is -0.0433. The van der Waals surface area contributed by atoms with Crippen LogP contribution < -0.4 is 10.2 Å². The number of fused-ring (bicyclic) bond motifs is 1. The summed E-state index contributed by atoms with van der Waals surface area (Å²) in [4.78, 5) is 13.2. The Morgan fingerprint density at radius 1 is 1.53 bits per heavy atom. The van der Waals surface area contributed by atoms with E-state index in [9.17, 15) is 4.79 Å². The second-order valence-corrected chi connectivity index (χ2v) is 4.27. The van der Waals surface area contributed by atoms with Crippen LogP contribution in [0.1, 0.15) is 0 Å². The quantitative estimate of drug-likeness (QED) is 0.849. The number of hydrogen-bond donors (Lipinski definition) is 2. The molecular weight excluding hydrogens is 260 g/mol. The fourth-order valence-corrected chi connectivity index (χ4v) is 1.99. The lowest BCUT2D eigenvalue weighted by atomic mass is 10.2. The minimum absolute atomic E-state index is 0.0409. The molecule has 0 saturated carbocycles. The third-order valence-corrected chi connectivity index (χ3v) is 2.77. The molecule has 80 valence electrons. The molecule has 15 heavy (non-hydrogen) atoms. The predicted octanol–water partition coefficient (Wildman–Crippen LogP) is 1.20. The Labute approximate surface area is 96.0 Å². The summed E-state index contributed by atoms with van der Waals surface area (Å²) in [7, 11) is 0. The molecule has 0 spiro atoms. The molecule has 0 bridgehead atoms. The molecule has 1 aliphatic rings. The maximum Gasteiger partial charge on any atom is 0.243 e. The topological polar surface area (TPSA) is 52.6 Å². The van der Waals surface area contributed by atoms with E-state index < -0.39 is 0 Å². The van der Waals surface area contributed by atoms with Gasteiger partial charge in [0.1, 0.15) is 0 Å². The lowest BCUT2D eigenvalue weighted by molar-refractivity contribution is -0.115. The van der Waals surface area contributed by atoms with Crippen LogP contribution in [0.2, 0.25) is 0 Å². The summed E-state index contributed by atoms with van der Waals surface area (Å²) in [5.41, 5.74) is 1.74. The van der Waals surface area contributed by atoms with Gasteiger partial charge in [0.25, 0.3) is 0 Å². The van der Waals surface area contributed by atoms with Crippen LogP contribution in [-0.4, -0.2) is 30.7 Å². The lowest BCUT2D eigenvalue weighted by Gasteiger charge is -2.30. The smallest absolute Gasteiger partial charge is 0.243 e. The second kappa shape index (κ2) is 4.20. The van der Waals surface area contributed by atoms with Crippen LogP contribution in [0.3, 0.4) is 0 Å². The van der Waals surface area contributed by atoms with Crippen molar-refractivity contribution in [2.24, 2.45) is 0 Å². The molecule has 0 aliphatic carbocycles. The Hall–Kier alpha value is -1.07.